The molecule has 2 aliphatic rings. The summed E-state index contributed by atoms with van der Waals surface area (Å²) in [5.41, 5.74) is 5.53. The number of hydrogen-bond acceptors (Lipinski definition) is 3. The Balaban J connectivity index is 1.37. The number of thiophene rings is 1. The van der Waals surface area contributed by atoms with Crippen molar-refractivity contribution in [3.8, 4) is 0 Å². The first-order chi connectivity index (χ1) is 13.1. The van der Waals surface area contributed by atoms with Gasteiger partial charge in [-0.2, -0.15) is 0 Å². The summed E-state index contributed by atoms with van der Waals surface area (Å²) in [5.74, 6) is 0.132. The fourth-order valence-corrected chi connectivity index (χ4v) is 5.74. The molecule has 4 heterocycles. The highest BCUT2D eigenvalue weighted by Gasteiger charge is 2.42. The predicted molar refractivity (Wildman–Crippen MR) is 109 cm³/mol. The minimum atomic E-state index is -0.170. The van der Waals surface area contributed by atoms with E-state index >= 15 is 0 Å². The van der Waals surface area contributed by atoms with E-state index < -0.39 is 0 Å². The van der Waals surface area contributed by atoms with Crippen LogP contribution in [0.3, 0.4) is 0 Å². The number of aromatic amines is 1. The maximum Gasteiger partial charge on any atom is 0.253 e. The average Bonchev–Trinajstić information content (AvgIpc) is 3.28. The Morgan fingerprint density at radius 2 is 2.04 bits per heavy atom. The number of amides is 1. The molecule has 0 atom stereocenters. The predicted octanol–water partition coefficient (Wildman–Crippen LogP) is 4.55. The van der Waals surface area contributed by atoms with Crippen LogP contribution in [0.25, 0.3) is 10.9 Å². The molecule has 27 heavy (non-hydrogen) atoms. The van der Waals surface area contributed by atoms with Gasteiger partial charge in [0.15, 0.2) is 0 Å². The molecule has 5 heteroatoms. The van der Waals surface area contributed by atoms with Gasteiger partial charge in [0.05, 0.1) is 6.61 Å². The summed E-state index contributed by atoms with van der Waals surface area (Å²) >= 11 is 1.81. The molecule has 3 aromatic rings. The van der Waals surface area contributed by atoms with Crippen molar-refractivity contribution in [2.75, 3.05) is 19.7 Å². The summed E-state index contributed by atoms with van der Waals surface area (Å²) in [4.78, 5) is 19.9. The number of ether oxygens (including phenoxy) is 1. The van der Waals surface area contributed by atoms with Crippen LogP contribution in [0.4, 0.5) is 0 Å². The van der Waals surface area contributed by atoms with Crippen molar-refractivity contribution in [2.24, 2.45) is 0 Å². The van der Waals surface area contributed by atoms with Crippen molar-refractivity contribution >= 4 is 28.1 Å². The maximum atomic E-state index is 13.1. The quantitative estimate of drug-likeness (QED) is 0.673. The molecular weight excluding hydrogens is 356 g/mol. The zero-order valence-corrected chi connectivity index (χ0v) is 16.6. The Morgan fingerprint density at radius 1 is 1.22 bits per heavy atom. The third-order valence-corrected chi connectivity index (χ3v) is 7.47. The van der Waals surface area contributed by atoms with E-state index in [9.17, 15) is 4.79 Å². The fourth-order valence-electron chi connectivity index (χ4n) is 4.57. The summed E-state index contributed by atoms with van der Waals surface area (Å²) in [7, 11) is 0. The van der Waals surface area contributed by atoms with E-state index in [1.54, 1.807) is 0 Å². The van der Waals surface area contributed by atoms with Crippen molar-refractivity contribution in [3.63, 3.8) is 0 Å². The van der Waals surface area contributed by atoms with E-state index in [0.29, 0.717) is 0 Å². The molecule has 1 amide bonds. The number of rotatable bonds is 1. The van der Waals surface area contributed by atoms with Crippen LogP contribution in [0.2, 0.25) is 0 Å². The number of benzene rings is 1. The van der Waals surface area contributed by atoms with Crippen molar-refractivity contribution in [1.82, 2.24) is 9.88 Å². The van der Waals surface area contributed by atoms with Crippen molar-refractivity contribution < 1.29 is 9.53 Å². The lowest BCUT2D eigenvalue weighted by Crippen LogP contribution is -2.47. The highest BCUT2D eigenvalue weighted by molar-refractivity contribution is 7.10. The van der Waals surface area contributed by atoms with Crippen LogP contribution in [0.1, 0.15) is 44.9 Å². The molecular formula is C22H24N2O2S. The Hall–Kier alpha value is -2.11. The first kappa shape index (κ1) is 17.0. The monoisotopic (exact) mass is 380 g/mol. The van der Waals surface area contributed by atoms with Gasteiger partial charge in [-0.25, -0.2) is 0 Å². The number of fused-ring (bicyclic) bond motifs is 3. The molecule has 5 rings (SSSR count). The molecule has 0 radical (unpaired) electrons. The summed E-state index contributed by atoms with van der Waals surface area (Å²) in [5, 5.41) is 3.32. The molecule has 140 valence electrons. The highest BCUT2D eigenvalue weighted by Crippen LogP contribution is 2.44. The molecule has 1 N–H and O–H groups in total. The van der Waals surface area contributed by atoms with Gasteiger partial charge in [-0.05, 0) is 73.9 Å². The topological polar surface area (TPSA) is 45.3 Å². The molecule has 0 unspecified atom stereocenters. The molecule has 1 fully saturated rings. The summed E-state index contributed by atoms with van der Waals surface area (Å²) in [6.45, 7) is 6.47. The third kappa shape index (κ3) is 2.64. The van der Waals surface area contributed by atoms with Gasteiger partial charge in [-0.3, -0.25) is 4.79 Å². The van der Waals surface area contributed by atoms with E-state index in [1.807, 2.05) is 34.4 Å². The number of nitrogens with one attached hydrogen (secondary N) is 1. The third-order valence-electron chi connectivity index (χ3n) is 6.32. The minimum absolute atomic E-state index is 0.132. The lowest BCUT2D eigenvalue weighted by atomic mass is 9.85. The van der Waals surface area contributed by atoms with Gasteiger partial charge in [0, 0.05) is 40.1 Å². The standard InChI is InChI=1S/C22H24N2O2S/c1-14-15(2)23-19-4-3-17(13-18(14)19)21(25)24-9-7-22(8-10-24)20-16(5-11-26-22)6-12-27-20/h3-4,6,12-13,23H,5,7-11H2,1-2H3. The number of nitrogens with zero attached hydrogens (tertiary/aromatic N) is 1. The van der Waals surface area contributed by atoms with Gasteiger partial charge in [0.25, 0.3) is 5.91 Å². The van der Waals surface area contributed by atoms with E-state index in [2.05, 4.69) is 30.3 Å². The smallest absolute Gasteiger partial charge is 0.253 e. The maximum absolute atomic E-state index is 13.1. The number of carbonyl (C=O) groups excluding carboxylic acids is 1. The second kappa shape index (κ2) is 6.21. The summed E-state index contributed by atoms with van der Waals surface area (Å²) < 4.78 is 6.27. The summed E-state index contributed by atoms with van der Waals surface area (Å²) in [6, 6.07) is 8.24. The molecule has 1 saturated heterocycles. The molecule has 0 bridgehead atoms. The van der Waals surface area contributed by atoms with Crippen LogP contribution in [0.15, 0.2) is 29.6 Å². The van der Waals surface area contributed by atoms with Gasteiger partial charge in [-0.1, -0.05) is 0 Å². The first-order valence-electron chi connectivity index (χ1n) is 9.66. The van der Waals surface area contributed by atoms with Gasteiger partial charge >= 0.3 is 0 Å². The van der Waals surface area contributed by atoms with Crippen LogP contribution >= 0.6 is 11.3 Å². The second-order valence-corrected chi connectivity index (χ2v) is 8.71. The number of aryl methyl sites for hydroxylation is 2. The number of aromatic nitrogens is 1. The highest BCUT2D eigenvalue weighted by atomic mass is 32.1. The molecule has 1 spiro atoms. The lowest BCUT2D eigenvalue weighted by molar-refractivity contribution is -0.0906. The molecule has 2 aromatic heterocycles. The number of carbonyl (C=O) groups is 1. The van der Waals surface area contributed by atoms with Crippen molar-refractivity contribution in [2.45, 2.75) is 38.7 Å². The van der Waals surface area contributed by atoms with Gasteiger partial charge < -0.3 is 14.6 Å². The van der Waals surface area contributed by atoms with Crippen LogP contribution in [-0.2, 0) is 16.8 Å². The Kier molecular flexibility index (Phi) is 3.92. The average molecular weight is 381 g/mol. The molecule has 4 nitrogen and oxygen atoms in total. The van der Waals surface area contributed by atoms with Crippen LogP contribution in [0.5, 0.6) is 0 Å². The van der Waals surface area contributed by atoms with Crippen LogP contribution < -0.4 is 0 Å². The zero-order valence-electron chi connectivity index (χ0n) is 15.8. The number of H-pyrrole nitrogens is 1. The molecule has 0 aliphatic carbocycles. The van der Waals surface area contributed by atoms with Gasteiger partial charge in [0.2, 0.25) is 0 Å². The van der Waals surface area contributed by atoms with Crippen molar-refractivity contribution in [3.05, 3.63) is 56.9 Å². The second-order valence-electron chi connectivity index (χ2n) is 7.80. The summed E-state index contributed by atoms with van der Waals surface area (Å²) in [6.07, 6.45) is 2.78. The lowest BCUT2D eigenvalue weighted by Gasteiger charge is -2.43. The SMILES string of the molecule is Cc1[nH]c2ccc(C(=O)N3CCC4(CC3)OCCc3ccsc34)cc2c1C. The van der Waals surface area contributed by atoms with Crippen molar-refractivity contribution in [1.29, 1.82) is 0 Å². The first-order valence-corrected chi connectivity index (χ1v) is 10.5. The van der Waals surface area contributed by atoms with E-state index in [0.717, 1.165) is 61.1 Å². The van der Waals surface area contributed by atoms with E-state index in [-0.39, 0.29) is 11.5 Å². The molecule has 1 aromatic carbocycles. The molecule has 0 saturated carbocycles. The van der Waals surface area contributed by atoms with Crippen LogP contribution in [-0.4, -0.2) is 35.5 Å². The Bertz CT molecular complexity index is 1020. The number of hydrogen-bond donors (Lipinski definition) is 1. The van der Waals surface area contributed by atoms with Gasteiger partial charge in [0.1, 0.15) is 5.60 Å². The minimum Gasteiger partial charge on any atom is -0.369 e. The van der Waals surface area contributed by atoms with Gasteiger partial charge in [-0.15, -0.1) is 11.3 Å². The largest absolute Gasteiger partial charge is 0.369 e. The normalized spacial score (nSPS) is 18.8. The van der Waals surface area contributed by atoms with Crippen LogP contribution in [0, 0.1) is 13.8 Å². The zero-order chi connectivity index (χ0) is 18.6. The van der Waals surface area contributed by atoms with E-state index in [4.69, 9.17) is 4.74 Å². The fraction of sp³-hybridized carbons (Fsp3) is 0.409. The molecule has 2 aliphatic heterocycles. The Morgan fingerprint density at radius 3 is 2.85 bits per heavy atom. The number of piperidine rings is 1. The van der Waals surface area contributed by atoms with E-state index in [1.165, 1.54) is 16.0 Å². The number of likely N-dealkylation sites (tertiary alicyclic amines) is 1. The Labute approximate surface area is 163 Å².